The largest absolute Gasteiger partial charge is 0.303 e. The van der Waals surface area contributed by atoms with Gasteiger partial charge in [0.2, 0.25) is 5.91 Å². The van der Waals surface area contributed by atoms with Crippen molar-refractivity contribution in [3.8, 4) is 0 Å². The van der Waals surface area contributed by atoms with Gasteiger partial charge >= 0.3 is 0 Å². The van der Waals surface area contributed by atoms with Crippen LogP contribution in [0.1, 0.15) is 19.3 Å². The fraction of sp³-hybridized carbons (Fsp3) is 0.500. The van der Waals surface area contributed by atoms with Gasteiger partial charge in [-0.1, -0.05) is 0 Å². The quantitative estimate of drug-likeness (QED) is 0.682. The molecule has 0 aromatic carbocycles. The first kappa shape index (κ1) is 9.89. The second kappa shape index (κ2) is 4.25. The lowest BCUT2D eigenvalue weighted by Gasteiger charge is -2.27. The number of anilines is 1. The van der Waals surface area contributed by atoms with E-state index >= 15 is 0 Å². The number of carbonyl (C=O) groups is 2. The molecule has 0 saturated carbocycles. The molecule has 0 unspecified atom stereocenters. The third-order valence-electron chi connectivity index (χ3n) is 2.50. The van der Waals surface area contributed by atoms with Gasteiger partial charge < -0.3 is 4.79 Å². The Balaban J connectivity index is 2.11. The maximum atomic E-state index is 11.7. The number of hydrogen-bond donors (Lipinski definition) is 0. The van der Waals surface area contributed by atoms with Gasteiger partial charge in [0.15, 0.2) is 0 Å². The van der Waals surface area contributed by atoms with Gasteiger partial charge in [0.05, 0.1) is 6.20 Å². The third kappa shape index (κ3) is 1.91. The number of nitrogens with zero attached hydrogens (tertiary/aromatic N) is 3. The predicted molar refractivity (Wildman–Crippen MR) is 54.5 cm³/mol. The van der Waals surface area contributed by atoms with Crippen molar-refractivity contribution in [2.45, 2.75) is 25.8 Å². The van der Waals surface area contributed by atoms with Crippen LogP contribution in [0.4, 0.5) is 5.82 Å². The van der Waals surface area contributed by atoms with Crippen LogP contribution in [-0.2, 0) is 16.1 Å². The summed E-state index contributed by atoms with van der Waals surface area (Å²) < 4.78 is 1.82. The first-order valence-electron chi connectivity index (χ1n) is 5.09. The van der Waals surface area contributed by atoms with E-state index < -0.39 is 0 Å². The lowest BCUT2D eigenvalue weighted by Crippen LogP contribution is -2.37. The van der Waals surface area contributed by atoms with Gasteiger partial charge in [-0.05, 0) is 6.42 Å². The minimum Gasteiger partial charge on any atom is -0.303 e. The van der Waals surface area contributed by atoms with Gasteiger partial charge in [-0.3, -0.25) is 9.69 Å². The summed E-state index contributed by atoms with van der Waals surface area (Å²) in [5.74, 6) is 0.848. The van der Waals surface area contributed by atoms with E-state index in [1.54, 1.807) is 11.1 Å². The van der Waals surface area contributed by atoms with Crippen LogP contribution < -0.4 is 4.90 Å². The van der Waals surface area contributed by atoms with Gasteiger partial charge in [0.25, 0.3) is 0 Å². The zero-order valence-electron chi connectivity index (χ0n) is 8.43. The molecule has 2 heterocycles. The lowest BCUT2D eigenvalue weighted by molar-refractivity contribution is -0.120. The average Bonchev–Trinajstić information content (AvgIpc) is 2.73. The van der Waals surface area contributed by atoms with Crippen molar-refractivity contribution in [1.82, 2.24) is 9.78 Å². The van der Waals surface area contributed by atoms with E-state index in [-0.39, 0.29) is 12.3 Å². The third-order valence-corrected chi connectivity index (χ3v) is 2.50. The highest BCUT2D eigenvalue weighted by Crippen LogP contribution is 2.20. The molecule has 1 aliphatic heterocycles. The zero-order chi connectivity index (χ0) is 10.7. The molecule has 0 atom stereocenters. The second-order valence-electron chi connectivity index (χ2n) is 3.52. The Bertz CT molecular complexity index is 372. The van der Waals surface area contributed by atoms with Gasteiger partial charge in [0, 0.05) is 32.0 Å². The molecule has 0 fully saturated rings. The van der Waals surface area contributed by atoms with Crippen LogP contribution in [0.2, 0.25) is 0 Å². The van der Waals surface area contributed by atoms with Crippen molar-refractivity contribution in [1.29, 1.82) is 0 Å². The highest BCUT2D eigenvalue weighted by molar-refractivity contribution is 5.93. The first-order chi connectivity index (χ1) is 7.33. The molecule has 15 heavy (non-hydrogen) atoms. The molecule has 1 amide bonds. The monoisotopic (exact) mass is 207 g/mol. The smallest absolute Gasteiger partial charge is 0.228 e. The number of fused-ring (bicyclic) bond motifs is 1. The fourth-order valence-electron chi connectivity index (χ4n) is 1.79. The molecule has 5 heteroatoms. The van der Waals surface area contributed by atoms with Crippen molar-refractivity contribution in [2.24, 2.45) is 0 Å². The summed E-state index contributed by atoms with van der Waals surface area (Å²) in [6, 6.07) is 1.83. The standard InChI is InChI=1S/C10H13N3O2/c14-8-1-3-10(15)12-6-2-7-13-9(12)4-5-11-13/h4-5,8H,1-3,6-7H2. The Morgan fingerprint density at radius 2 is 2.40 bits per heavy atom. The van der Waals surface area contributed by atoms with Crippen LogP contribution in [0.3, 0.4) is 0 Å². The molecule has 0 bridgehead atoms. The van der Waals surface area contributed by atoms with E-state index in [2.05, 4.69) is 5.10 Å². The molecule has 0 N–H and O–H groups in total. The Labute approximate surface area is 87.7 Å². The zero-order valence-corrected chi connectivity index (χ0v) is 8.43. The molecule has 0 spiro atoms. The lowest BCUT2D eigenvalue weighted by atomic mass is 10.2. The van der Waals surface area contributed by atoms with Gasteiger partial charge in [0.1, 0.15) is 12.1 Å². The molecule has 1 aliphatic rings. The first-order valence-corrected chi connectivity index (χ1v) is 5.09. The number of aromatic nitrogens is 2. The molecule has 2 rings (SSSR count). The molecule has 5 nitrogen and oxygen atoms in total. The van der Waals surface area contributed by atoms with Crippen molar-refractivity contribution >= 4 is 18.0 Å². The van der Waals surface area contributed by atoms with E-state index in [4.69, 9.17) is 0 Å². The van der Waals surface area contributed by atoms with Crippen LogP contribution in [0.5, 0.6) is 0 Å². The highest BCUT2D eigenvalue weighted by Gasteiger charge is 2.22. The van der Waals surface area contributed by atoms with Crippen molar-refractivity contribution in [3.63, 3.8) is 0 Å². The van der Waals surface area contributed by atoms with Crippen LogP contribution in [0.25, 0.3) is 0 Å². The van der Waals surface area contributed by atoms with Crippen molar-refractivity contribution in [2.75, 3.05) is 11.4 Å². The maximum absolute atomic E-state index is 11.7. The molecule has 1 aromatic rings. The van der Waals surface area contributed by atoms with Gasteiger partial charge in [-0.15, -0.1) is 0 Å². The topological polar surface area (TPSA) is 55.2 Å². The number of carbonyl (C=O) groups excluding carboxylic acids is 2. The van der Waals surface area contributed by atoms with E-state index in [9.17, 15) is 9.59 Å². The Morgan fingerprint density at radius 1 is 1.53 bits per heavy atom. The summed E-state index contributed by atoms with van der Waals surface area (Å²) in [7, 11) is 0. The summed E-state index contributed by atoms with van der Waals surface area (Å²) in [6.07, 6.45) is 3.97. The summed E-state index contributed by atoms with van der Waals surface area (Å²) in [4.78, 5) is 23.7. The normalized spacial score (nSPS) is 14.8. The van der Waals surface area contributed by atoms with Gasteiger partial charge in [-0.25, -0.2) is 4.68 Å². The van der Waals surface area contributed by atoms with Crippen LogP contribution >= 0.6 is 0 Å². The second-order valence-corrected chi connectivity index (χ2v) is 3.52. The Hall–Kier alpha value is -1.65. The number of aldehydes is 1. The Kier molecular flexibility index (Phi) is 2.80. The van der Waals surface area contributed by atoms with Crippen LogP contribution in [0.15, 0.2) is 12.3 Å². The van der Waals surface area contributed by atoms with Crippen LogP contribution in [-0.4, -0.2) is 28.5 Å². The van der Waals surface area contributed by atoms with Crippen molar-refractivity contribution < 1.29 is 9.59 Å². The van der Waals surface area contributed by atoms with E-state index in [0.29, 0.717) is 6.42 Å². The molecule has 0 saturated heterocycles. The minimum absolute atomic E-state index is 0.00329. The average molecular weight is 207 g/mol. The number of rotatable bonds is 3. The number of hydrogen-bond acceptors (Lipinski definition) is 3. The van der Waals surface area contributed by atoms with E-state index in [1.807, 2.05) is 10.7 Å². The van der Waals surface area contributed by atoms with Crippen molar-refractivity contribution in [3.05, 3.63) is 12.3 Å². The van der Waals surface area contributed by atoms with E-state index in [1.165, 1.54) is 0 Å². The van der Waals surface area contributed by atoms with Crippen LogP contribution in [0, 0.1) is 0 Å². The summed E-state index contributed by atoms with van der Waals surface area (Å²) >= 11 is 0. The number of amides is 1. The predicted octanol–water partition coefficient (Wildman–Crippen LogP) is 0.599. The summed E-state index contributed by atoms with van der Waals surface area (Å²) in [6.45, 7) is 1.59. The van der Waals surface area contributed by atoms with Gasteiger partial charge in [-0.2, -0.15) is 5.10 Å². The highest BCUT2D eigenvalue weighted by atomic mass is 16.2. The summed E-state index contributed by atoms with van der Waals surface area (Å²) in [5.41, 5.74) is 0. The molecular formula is C10H13N3O2. The van der Waals surface area contributed by atoms with E-state index in [0.717, 1.165) is 31.6 Å². The fourth-order valence-corrected chi connectivity index (χ4v) is 1.79. The Morgan fingerprint density at radius 3 is 3.20 bits per heavy atom. The molecular weight excluding hydrogens is 194 g/mol. The molecule has 1 aromatic heterocycles. The minimum atomic E-state index is 0.00329. The molecule has 80 valence electrons. The molecule has 0 radical (unpaired) electrons. The molecule has 0 aliphatic carbocycles. The number of aryl methyl sites for hydroxylation is 1. The maximum Gasteiger partial charge on any atom is 0.228 e. The SMILES string of the molecule is O=CCCC(=O)N1CCCn2nccc21. The summed E-state index contributed by atoms with van der Waals surface area (Å²) in [5, 5.41) is 4.12.